The highest BCUT2D eigenvalue weighted by atomic mass is 19.2. The van der Waals surface area contributed by atoms with E-state index in [1.54, 1.807) is 0 Å². The number of benzene rings is 4. The fourth-order valence-electron chi connectivity index (χ4n) is 7.88. The van der Waals surface area contributed by atoms with E-state index in [1.165, 1.54) is 72.8 Å². The Bertz CT molecular complexity index is 3440. The van der Waals surface area contributed by atoms with E-state index in [9.17, 15) is 39.6 Å². The summed E-state index contributed by atoms with van der Waals surface area (Å²) >= 11 is 0. The highest BCUT2D eigenvalue weighted by molar-refractivity contribution is 6.01. The van der Waals surface area contributed by atoms with Crippen LogP contribution in [0.2, 0.25) is 0 Å². The smallest absolute Gasteiger partial charge is 0.335 e. The van der Waals surface area contributed by atoms with Crippen molar-refractivity contribution in [1.82, 2.24) is 19.9 Å². The van der Waals surface area contributed by atoms with E-state index in [0.717, 1.165) is 0 Å². The highest BCUT2D eigenvalue weighted by Crippen LogP contribution is 2.42. The van der Waals surface area contributed by atoms with Crippen molar-refractivity contribution in [2.24, 2.45) is 0 Å². The summed E-state index contributed by atoms with van der Waals surface area (Å²) in [5, 5.41) is 38.3. The van der Waals surface area contributed by atoms with Crippen molar-refractivity contribution >= 4 is 70.2 Å². The van der Waals surface area contributed by atoms with Gasteiger partial charge in [0.15, 0.2) is 0 Å². The molecule has 0 fully saturated rings. The Labute approximate surface area is 364 Å². The van der Waals surface area contributed by atoms with Crippen molar-refractivity contribution in [3.63, 3.8) is 0 Å². The minimum absolute atomic E-state index is 0.0594. The van der Waals surface area contributed by atoms with Crippen LogP contribution in [0, 0.1) is 34.9 Å². The first-order valence-electron chi connectivity index (χ1n) is 19.2. The number of aromatic carboxylic acids is 4. The maximum absolute atomic E-state index is 16.2. The van der Waals surface area contributed by atoms with Crippen LogP contribution >= 0.6 is 0 Å². The lowest BCUT2D eigenvalue weighted by molar-refractivity contribution is 0.0685. The quantitative estimate of drug-likeness (QED) is 0.0796. The Morgan fingerprint density at radius 3 is 0.879 bits per heavy atom. The molecule has 0 unspecified atom stereocenters. The molecule has 12 nitrogen and oxygen atoms in total. The van der Waals surface area contributed by atoms with Gasteiger partial charge in [0.1, 0.15) is 34.9 Å². The van der Waals surface area contributed by atoms with E-state index in [-0.39, 0.29) is 67.1 Å². The van der Waals surface area contributed by atoms with Crippen LogP contribution in [0.15, 0.2) is 84.9 Å². The molecule has 0 radical (unpaired) electrons. The minimum atomic E-state index is -1.67. The Balaban J connectivity index is 1.51. The van der Waals surface area contributed by atoms with Crippen molar-refractivity contribution in [3.8, 4) is 44.5 Å². The summed E-state index contributed by atoms with van der Waals surface area (Å²) in [6, 6.07) is 14.2. The van der Waals surface area contributed by atoms with Crippen LogP contribution < -0.4 is 0 Å². The third-order valence-corrected chi connectivity index (χ3v) is 10.8. The number of carbonyl (C=O) groups is 4. The molecular formula is C48H24F6N4O8. The van der Waals surface area contributed by atoms with Gasteiger partial charge in [-0.1, -0.05) is 12.1 Å². The van der Waals surface area contributed by atoms with E-state index in [4.69, 9.17) is 4.98 Å². The van der Waals surface area contributed by atoms with Crippen LogP contribution in [-0.2, 0) is 0 Å². The summed E-state index contributed by atoms with van der Waals surface area (Å²) in [6.45, 7) is 0. The number of fused-ring (bicyclic) bond motifs is 8. The van der Waals surface area contributed by atoms with Gasteiger partial charge in [-0.2, -0.15) is 0 Å². The van der Waals surface area contributed by atoms with Crippen molar-refractivity contribution in [2.75, 3.05) is 0 Å². The molecule has 326 valence electrons. The number of carboxylic acid groups (broad SMARTS) is 4. The Kier molecular flexibility index (Phi) is 10.2. The number of rotatable bonds is 8. The molecule has 0 saturated heterocycles. The number of carboxylic acids is 4. The van der Waals surface area contributed by atoms with Gasteiger partial charge >= 0.3 is 23.9 Å². The predicted octanol–water partition coefficient (Wildman–Crippen LogP) is 11.0. The van der Waals surface area contributed by atoms with Gasteiger partial charge in [0, 0.05) is 44.3 Å². The van der Waals surface area contributed by atoms with Gasteiger partial charge in [-0.25, -0.2) is 55.5 Å². The van der Waals surface area contributed by atoms with Gasteiger partial charge in [0.2, 0.25) is 0 Å². The summed E-state index contributed by atoms with van der Waals surface area (Å²) in [5.41, 5.74) is -6.08. The number of aromatic nitrogens is 4. The number of halogens is 6. The summed E-state index contributed by atoms with van der Waals surface area (Å²) < 4.78 is 97.1. The summed E-state index contributed by atoms with van der Waals surface area (Å²) in [7, 11) is 0. The molecule has 66 heavy (non-hydrogen) atoms. The molecule has 7 aromatic rings. The Morgan fingerprint density at radius 1 is 0.348 bits per heavy atom. The third-order valence-electron chi connectivity index (χ3n) is 10.8. The molecule has 6 N–H and O–H groups in total. The predicted molar refractivity (Wildman–Crippen MR) is 228 cm³/mol. The molecule has 18 heteroatoms. The molecule has 4 aromatic carbocycles. The second kappa shape index (κ2) is 15.9. The molecule has 0 saturated carbocycles. The zero-order valence-corrected chi connectivity index (χ0v) is 33.0. The molecule has 5 heterocycles. The van der Waals surface area contributed by atoms with Crippen LogP contribution in [0.1, 0.15) is 64.2 Å². The number of hydrogen-bond acceptors (Lipinski definition) is 6. The van der Waals surface area contributed by atoms with Gasteiger partial charge in [-0.05, 0) is 103 Å². The van der Waals surface area contributed by atoms with Crippen LogP contribution in [0.25, 0.3) is 90.9 Å². The minimum Gasteiger partial charge on any atom is -0.478 e. The normalized spacial score (nSPS) is 11.8. The Morgan fingerprint density at radius 2 is 0.606 bits per heavy atom. The van der Waals surface area contributed by atoms with E-state index in [0.29, 0.717) is 42.0 Å². The molecule has 2 aliphatic heterocycles. The zero-order chi connectivity index (χ0) is 46.9. The molecule has 0 atom stereocenters. The van der Waals surface area contributed by atoms with Crippen LogP contribution in [-0.4, -0.2) is 64.2 Å². The second-order valence-corrected chi connectivity index (χ2v) is 14.7. The lowest BCUT2D eigenvalue weighted by atomic mass is 10.00. The fourth-order valence-corrected chi connectivity index (χ4v) is 7.88. The molecule has 0 aliphatic carbocycles. The molecule has 0 amide bonds. The fraction of sp³-hybridized carbons (Fsp3) is 0. The van der Waals surface area contributed by atoms with Crippen LogP contribution in [0.3, 0.4) is 0 Å². The van der Waals surface area contributed by atoms with Crippen molar-refractivity contribution in [1.29, 1.82) is 0 Å². The SMILES string of the molecule is O=C(O)c1ccc(-c2c3nc(c(-c4c(F)cc(C(=O)O)cc4F)c4ccc([nH]4)c(-c4c(F)cc(C(=O)O)cc4F)c4nc(c(-c5c(F)cc(C(=O)O)cc5F)c5ccc2[nH]5)C=C4)C=C3)cc1. The highest BCUT2D eigenvalue weighted by Gasteiger charge is 2.27. The maximum Gasteiger partial charge on any atom is 0.335 e. The maximum atomic E-state index is 16.2. The van der Waals surface area contributed by atoms with Gasteiger partial charge in [0.05, 0.1) is 61.7 Å². The van der Waals surface area contributed by atoms with Crippen molar-refractivity contribution in [2.45, 2.75) is 0 Å². The first-order valence-corrected chi connectivity index (χ1v) is 19.2. The number of nitrogens with one attached hydrogen (secondary N) is 2. The van der Waals surface area contributed by atoms with Gasteiger partial charge < -0.3 is 30.4 Å². The lowest BCUT2D eigenvalue weighted by Crippen LogP contribution is -2.02. The third kappa shape index (κ3) is 7.21. The van der Waals surface area contributed by atoms with E-state index in [1.807, 2.05) is 0 Å². The number of H-pyrrole nitrogens is 2. The number of nitrogens with zero attached hydrogens (tertiary/aromatic N) is 2. The van der Waals surface area contributed by atoms with Gasteiger partial charge in [-0.15, -0.1) is 0 Å². The van der Waals surface area contributed by atoms with Crippen LogP contribution in [0.4, 0.5) is 26.3 Å². The monoisotopic (exact) mass is 898 g/mol. The topological polar surface area (TPSA) is 207 Å². The first-order chi connectivity index (χ1) is 31.5. The van der Waals surface area contributed by atoms with Crippen LogP contribution in [0.5, 0.6) is 0 Å². The molecule has 9 rings (SSSR count). The first kappa shape index (κ1) is 42.3. The standard InChI is InChI=1S/C48H24F6N4O8/c49-24-13-21(46(61)62)14-25(50)39(24)42-32-7-5-30(55-32)38(19-1-3-20(4-2-19)45(59)60)31-6-8-33(56-31)43(40-26(51)15-22(47(63)64)16-27(40)52)35-10-12-37(58-35)44(36-11-9-34(42)57-36)41-28(53)17-23(48(65)66)18-29(41)54/h1-18,55,58H,(H,59,60)(H,61,62)(H,63,64)(H,65,66). The van der Waals surface area contributed by atoms with E-state index in [2.05, 4.69) is 15.0 Å². The number of aromatic amines is 2. The molecule has 8 bridgehead atoms. The summed E-state index contributed by atoms with van der Waals surface area (Å²) in [5.74, 6) is -14.4. The molecule has 0 spiro atoms. The van der Waals surface area contributed by atoms with Gasteiger partial charge in [-0.3, -0.25) is 0 Å². The largest absolute Gasteiger partial charge is 0.478 e. The molecule has 3 aromatic heterocycles. The lowest BCUT2D eigenvalue weighted by Gasteiger charge is -2.10. The van der Waals surface area contributed by atoms with Crippen molar-refractivity contribution in [3.05, 3.63) is 165 Å². The average Bonchev–Trinajstić information content (AvgIpc) is 4.11. The number of hydrogen-bond donors (Lipinski definition) is 6. The van der Waals surface area contributed by atoms with E-state index >= 15 is 26.3 Å². The molecule has 2 aliphatic rings. The van der Waals surface area contributed by atoms with E-state index < -0.39 is 97.7 Å². The second-order valence-electron chi connectivity index (χ2n) is 14.7. The summed E-state index contributed by atoms with van der Waals surface area (Å²) in [4.78, 5) is 62.5. The molecular weight excluding hydrogens is 875 g/mol. The zero-order valence-electron chi connectivity index (χ0n) is 33.0. The Hall–Kier alpha value is -9.06. The average molecular weight is 899 g/mol. The summed E-state index contributed by atoms with van der Waals surface area (Å²) in [6.07, 6.45) is 5.25. The van der Waals surface area contributed by atoms with Crippen molar-refractivity contribution < 1.29 is 65.9 Å². The van der Waals surface area contributed by atoms with Gasteiger partial charge in [0.25, 0.3) is 0 Å².